The topological polar surface area (TPSA) is 123 Å². The molecule has 0 aromatic carbocycles. The maximum absolute atomic E-state index is 10.3. The highest BCUT2D eigenvalue weighted by atomic mass is 32.2. The first-order valence-electron chi connectivity index (χ1n) is 6.67. The van der Waals surface area contributed by atoms with E-state index in [4.69, 9.17) is 10.2 Å². The van der Waals surface area contributed by atoms with Crippen molar-refractivity contribution in [2.24, 2.45) is 0 Å². The van der Waals surface area contributed by atoms with Gasteiger partial charge in [-0.3, -0.25) is 4.57 Å². The second kappa shape index (κ2) is 4.97. The molecule has 1 aliphatic heterocycles. The van der Waals surface area contributed by atoms with Crippen molar-refractivity contribution in [3.63, 3.8) is 0 Å². The minimum atomic E-state index is -0.924. The van der Waals surface area contributed by atoms with Crippen molar-refractivity contribution < 1.29 is 14.6 Å². The van der Waals surface area contributed by atoms with E-state index in [0.29, 0.717) is 28.5 Å². The van der Waals surface area contributed by atoms with Crippen LogP contribution in [0, 0.1) is 0 Å². The molecule has 114 valence electrons. The molecule has 8 nitrogen and oxygen atoms in total. The van der Waals surface area contributed by atoms with Gasteiger partial charge in [-0.25, -0.2) is 15.0 Å². The van der Waals surface area contributed by atoms with Crippen LogP contribution in [-0.2, 0) is 0 Å². The standard InChI is InChI=1S/C13H13N5O3S/c14-10-8-12(16-5-15-10)18(13-9(20)6(19)4-22-13)11(17-8)7-2-1-3-21-7/h1-3,5-6,9,13,19-20H,4H2,(H2,14,15,16)/t6-,9-,13-/m1/s1. The molecular weight excluding hydrogens is 306 g/mol. The molecule has 0 spiro atoms. The lowest BCUT2D eigenvalue weighted by Crippen LogP contribution is -2.28. The van der Waals surface area contributed by atoms with Gasteiger partial charge in [0.2, 0.25) is 0 Å². The molecule has 1 fully saturated rings. The Morgan fingerprint density at radius 1 is 1.36 bits per heavy atom. The summed E-state index contributed by atoms with van der Waals surface area (Å²) in [5.41, 5.74) is 6.83. The minimum absolute atomic E-state index is 0.259. The lowest BCUT2D eigenvalue weighted by atomic mass is 10.2. The van der Waals surface area contributed by atoms with E-state index in [0.717, 1.165) is 0 Å². The second-order valence-electron chi connectivity index (χ2n) is 5.00. The van der Waals surface area contributed by atoms with Crippen LogP contribution in [0.15, 0.2) is 29.1 Å². The quantitative estimate of drug-likeness (QED) is 0.628. The summed E-state index contributed by atoms with van der Waals surface area (Å²) in [5.74, 6) is 1.72. The number of thioether (sulfide) groups is 1. The number of rotatable bonds is 2. The molecule has 0 aliphatic carbocycles. The SMILES string of the molecule is Nc1ncnc2c1nc(-c1ccco1)n2[C@@H]1SC[C@@H](O)[C@H]1O. The first-order chi connectivity index (χ1) is 10.7. The summed E-state index contributed by atoms with van der Waals surface area (Å²) in [6.45, 7) is 0. The Hall–Kier alpha value is -2.10. The summed E-state index contributed by atoms with van der Waals surface area (Å²) in [7, 11) is 0. The fraction of sp³-hybridized carbons (Fsp3) is 0.308. The smallest absolute Gasteiger partial charge is 0.179 e. The number of anilines is 1. The van der Waals surface area contributed by atoms with Crippen molar-refractivity contribution in [1.29, 1.82) is 0 Å². The van der Waals surface area contributed by atoms with E-state index in [1.54, 1.807) is 23.0 Å². The Labute approximate surface area is 129 Å². The molecule has 1 saturated heterocycles. The largest absolute Gasteiger partial charge is 0.461 e. The zero-order valence-corrected chi connectivity index (χ0v) is 12.1. The molecule has 0 saturated carbocycles. The number of hydrogen-bond donors (Lipinski definition) is 3. The van der Waals surface area contributed by atoms with Crippen LogP contribution in [0.25, 0.3) is 22.7 Å². The second-order valence-corrected chi connectivity index (χ2v) is 6.15. The van der Waals surface area contributed by atoms with E-state index in [9.17, 15) is 10.2 Å². The molecule has 3 atom stereocenters. The molecule has 1 aliphatic rings. The molecule has 0 unspecified atom stereocenters. The number of imidazole rings is 1. The van der Waals surface area contributed by atoms with Crippen LogP contribution in [-0.4, -0.2) is 47.7 Å². The number of fused-ring (bicyclic) bond motifs is 1. The fourth-order valence-corrected chi connectivity index (χ4v) is 3.88. The zero-order valence-electron chi connectivity index (χ0n) is 11.3. The van der Waals surface area contributed by atoms with Crippen LogP contribution in [0.5, 0.6) is 0 Å². The van der Waals surface area contributed by atoms with Crippen molar-refractivity contribution in [1.82, 2.24) is 19.5 Å². The van der Waals surface area contributed by atoms with Crippen LogP contribution >= 0.6 is 11.8 Å². The van der Waals surface area contributed by atoms with Crippen molar-refractivity contribution in [2.45, 2.75) is 17.6 Å². The van der Waals surface area contributed by atoms with E-state index in [1.165, 1.54) is 18.1 Å². The van der Waals surface area contributed by atoms with Gasteiger partial charge in [-0.1, -0.05) is 0 Å². The number of aliphatic hydroxyl groups excluding tert-OH is 2. The number of nitrogens with two attached hydrogens (primary N) is 1. The predicted molar refractivity (Wildman–Crippen MR) is 80.9 cm³/mol. The highest BCUT2D eigenvalue weighted by Crippen LogP contribution is 2.41. The van der Waals surface area contributed by atoms with Crippen molar-refractivity contribution in [3.8, 4) is 11.6 Å². The normalized spacial score (nSPS) is 25.1. The van der Waals surface area contributed by atoms with Gasteiger partial charge in [-0.15, -0.1) is 11.8 Å². The van der Waals surface area contributed by atoms with Crippen LogP contribution in [0.1, 0.15) is 5.37 Å². The molecule has 9 heteroatoms. The molecule has 22 heavy (non-hydrogen) atoms. The molecule has 3 aromatic heterocycles. The first kappa shape index (κ1) is 13.6. The Kier molecular flexibility index (Phi) is 3.06. The summed E-state index contributed by atoms with van der Waals surface area (Å²) in [4.78, 5) is 12.7. The number of aliphatic hydroxyl groups is 2. The van der Waals surface area contributed by atoms with E-state index >= 15 is 0 Å². The van der Waals surface area contributed by atoms with Gasteiger partial charge in [-0.05, 0) is 12.1 Å². The predicted octanol–water partition coefficient (Wildman–Crippen LogP) is 0.636. The van der Waals surface area contributed by atoms with Crippen LogP contribution in [0.2, 0.25) is 0 Å². The average molecular weight is 319 g/mol. The number of furan rings is 1. The van der Waals surface area contributed by atoms with E-state index in [1.807, 2.05) is 0 Å². The Morgan fingerprint density at radius 2 is 2.23 bits per heavy atom. The van der Waals surface area contributed by atoms with E-state index in [2.05, 4.69) is 15.0 Å². The molecular formula is C13H13N5O3S. The summed E-state index contributed by atoms with van der Waals surface area (Å²) in [5, 5.41) is 19.7. The lowest BCUT2D eigenvalue weighted by molar-refractivity contribution is 0.0316. The van der Waals surface area contributed by atoms with Gasteiger partial charge in [0.15, 0.2) is 28.6 Å². The van der Waals surface area contributed by atoms with Gasteiger partial charge in [0.1, 0.15) is 17.8 Å². The van der Waals surface area contributed by atoms with Gasteiger partial charge in [-0.2, -0.15) is 0 Å². The Bertz CT molecular complexity index is 819. The monoisotopic (exact) mass is 319 g/mol. The summed E-state index contributed by atoms with van der Waals surface area (Å²) >= 11 is 1.43. The van der Waals surface area contributed by atoms with Crippen LogP contribution in [0.3, 0.4) is 0 Å². The third-order valence-electron chi connectivity index (χ3n) is 3.63. The number of nitrogen functional groups attached to an aromatic ring is 1. The van der Waals surface area contributed by atoms with Crippen molar-refractivity contribution in [3.05, 3.63) is 24.7 Å². The molecule has 0 amide bonds. The summed E-state index contributed by atoms with van der Waals surface area (Å²) < 4.78 is 7.17. The number of aromatic nitrogens is 4. The molecule has 0 bridgehead atoms. The molecule has 3 aromatic rings. The number of hydrogen-bond acceptors (Lipinski definition) is 8. The summed E-state index contributed by atoms with van der Waals surface area (Å²) in [6.07, 6.45) is 1.18. The Balaban J connectivity index is 1.98. The van der Waals surface area contributed by atoms with Crippen LogP contribution < -0.4 is 5.73 Å². The number of nitrogens with zero attached hydrogens (tertiary/aromatic N) is 4. The van der Waals surface area contributed by atoms with Gasteiger partial charge in [0, 0.05) is 5.75 Å². The van der Waals surface area contributed by atoms with Crippen molar-refractivity contribution in [2.75, 3.05) is 11.5 Å². The van der Waals surface area contributed by atoms with E-state index < -0.39 is 17.6 Å². The maximum Gasteiger partial charge on any atom is 0.179 e. The third kappa shape index (κ3) is 1.90. The van der Waals surface area contributed by atoms with Gasteiger partial charge in [0.05, 0.1) is 12.4 Å². The minimum Gasteiger partial charge on any atom is -0.461 e. The van der Waals surface area contributed by atoms with Gasteiger partial charge in [0.25, 0.3) is 0 Å². The lowest BCUT2D eigenvalue weighted by Gasteiger charge is -2.19. The van der Waals surface area contributed by atoms with Gasteiger partial charge >= 0.3 is 0 Å². The third-order valence-corrected chi connectivity index (χ3v) is 4.99. The van der Waals surface area contributed by atoms with Crippen LogP contribution in [0.4, 0.5) is 5.82 Å². The highest BCUT2D eigenvalue weighted by Gasteiger charge is 2.38. The van der Waals surface area contributed by atoms with Gasteiger partial charge < -0.3 is 20.4 Å². The fourth-order valence-electron chi connectivity index (χ4n) is 2.56. The Morgan fingerprint density at radius 3 is 2.91 bits per heavy atom. The average Bonchev–Trinajstić information content (AvgIpc) is 3.20. The zero-order chi connectivity index (χ0) is 15.3. The first-order valence-corrected chi connectivity index (χ1v) is 7.71. The highest BCUT2D eigenvalue weighted by molar-refractivity contribution is 7.99. The summed E-state index contributed by atoms with van der Waals surface area (Å²) in [6, 6.07) is 3.52. The van der Waals surface area contributed by atoms with Crippen molar-refractivity contribution >= 4 is 28.7 Å². The molecule has 4 N–H and O–H groups in total. The van der Waals surface area contributed by atoms with E-state index in [-0.39, 0.29) is 5.82 Å². The maximum atomic E-state index is 10.3. The molecule has 4 rings (SSSR count). The molecule has 0 radical (unpaired) electrons. The molecule has 4 heterocycles.